The third kappa shape index (κ3) is 8.95. The van der Waals surface area contributed by atoms with Crippen LogP contribution < -0.4 is 14.4 Å². The largest absolute Gasteiger partial charge is 0.497 e. The molecule has 2 amide bonds. The van der Waals surface area contributed by atoms with E-state index < -0.39 is 34.3 Å². The van der Waals surface area contributed by atoms with Crippen LogP contribution in [0, 0.1) is 5.82 Å². The van der Waals surface area contributed by atoms with E-state index in [2.05, 4.69) is 21.2 Å². The van der Waals surface area contributed by atoms with E-state index in [4.69, 9.17) is 4.74 Å². The van der Waals surface area contributed by atoms with Crippen molar-refractivity contribution in [1.82, 2.24) is 10.2 Å². The highest BCUT2D eigenvalue weighted by Crippen LogP contribution is 2.27. The molecule has 4 rings (SSSR count). The van der Waals surface area contributed by atoms with Crippen molar-refractivity contribution >= 4 is 43.5 Å². The van der Waals surface area contributed by atoms with Gasteiger partial charge in [-0.25, -0.2) is 12.8 Å². The summed E-state index contributed by atoms with van der Waals surface area (Å²) in [7, 11) is -2.86. The summed E-state index contributed by atoms with van der Waals surface area (Å²) in [5.41, 5.74) is 1.68. The molecule has 0 aliphatic heterocycles. The average molecular weight is 711 g/mol. The Morgan fingerprint density at radius 2 is 1.52 bits per heavy atom. The number of ether oxygens (including phenoxy) is 1. The van der Waals surface area contributed by atoms with Crippen LogP contribution in [-0.2, 0) is 32.6 Å². The first-order valence-electron chi connectivity index (χ1n) is 14.8. The van der Waals surface area contributed by atoms with Crippen molar-refractivity contribution in [3.63, 3.8) is 0 Å². The SMILES string of the molecule is CC[C@H](C)NC(=O)[C@H](Cc1ccccc1)N(Cc1ccc(Br)cc1)C(=O)CN(c1ccc(F)cc1)S(=O)(=O)c1ccc(OC)cc1. The molecular weight excluding hydrogens is 673 g/mol. The number of amides is 2. The van der Waals surface area contributed by atoms with Gasteiger partial charge in [0.05, 0.1) is 17.7 Å². The molecule has 2 atom stereocenters. The zero-order valence-electron chi connectivity index (χ0n) is 25.9. The number of methoxy groups -OCH3 is 1. The first kappa shape index (κ1) is 34.6. The van der Waals surface area contributed by atoms with Gasteiger partial charge in [-0.2, -0.15) is 0 Å². The molecule has 0 aromatic heterocycles. The molecule has 4 aromatic carbocycles. The molecule has 0 aliphatic carbocycles. The first-order chi connectivity index (χ1) is 22.0. The Bertz CT molecular complexity index is 1700. The third-order valence-electron chi connectivity index (χ3n) is 7.58. The van der Waals surface area contributed by atoms with Gasteiger partial charge in [-0.05, 0) is 85.1 Å². The van der Waals surface area contributed by atoms with E-state index in [1.54, 1.807) is 0 Å². The predicted molar refractivity (Wildman–Crippen MR) is 180 cm³/mol. The highest BCUT2D eigenvalue weighted by molar-refractivity contribution is 9.10. The van der Waals surface area contributed by atoms with Crippen LogP contribution >= 0.6 is 15.9 Å². The van der Waals surface area contributed by atoms with Crippen molar-refractivity contribution in [3.05, 3.63) is 125 Å². The summed E-state index contributed by atoms with van der Waals surface area (Å²) >= 11 is 3.44. The summed E-state index contributed by atoms with van der Waals surface area (Å²) < 4.78 is 49.1. The Labute approximate surface area is 278 Å². The predicted octanol–water partition coefficient (Wildman–Crippen LogP) is 6.35. The molecule has 0 heterocycles. The molecule has 4 aromatic rings. The van der Waals surface area contributed by atoms with Crippen molar-refractivity contribution in [2.45, 2.75) is 50.2 Å². The number of nitrogens with zero attached hydrogens (tertiary/aromatic N) is 2. The Morgan fingerprint density at radius 3 is 2.11 bits per heavy atom. The van der Waals surface area contributed by atoms with Crippen LogP contribution in [0.4, 0.5) is 10.1 Å². The molecule has 0 spiro atoms. The summed E-state index contributed by atoms with van der Waals surface area (Å²) in [4.78, 5) is 29.7. The normalized spacial score (nSPS) is 12.5. The summed E-state index contributed by atoms with van der Waals surface area (Å²) in [6.07, 6.45) is 0.885. The van der Waals surface area contributed by atoms with Crippen molar-refractivity contribution < 1.29 is 27.1 Å². The molecule has 0 unspecified atom stereocenters. The van der Waals surface area contributed by atoms with Gasteiger partial charge >= 0.3 is 0 Å². The topological polar surface area (TPSA) is 96.0 Å². The molecule has 0 saturated carbocycles. The lowest BCUT2D eigenvalue weighted by molar-refractivity contribution is -0.140. The fourth-order valence-corrected chi connectivity index (χ4v) is 6.47. The van der Waals surface area contributed by atoms with Gasteiger partial charge < -0.3 is 15.0 Å². The van der Waals surface area contributed by atoms with Crippen LogP contribution in [0.2, 0.25) is 0 Å². The maximum atomic E-state index is 14.5. The molecule has 8 nitrogen and oxygen atoms in total. The third-order valence-corrected chi connectivity index (χ3v) is 9.90. The van der Waals surface area contributed by atoms with Crippen LogP contribution in [0.5, 0.6) is 5.75 Å². The molecule has 0 fully saturated rings. The second-order valence-corrected chi connectivity index (χ2v) is 13.6. The van der Waals surface area contributed by atoms with E-state index >= 15 is 0 Å². The van der Waals surface area contributed by atoms with Crippen LogP contribution in [0.25, 0.3) is 0 Å². The van der Waals surface area contributed by atoms with Crippen molar-refractivity contribution in [1.29, 1.82) is 0 Å². The lowest BCUT2D eigenvalue weighted by atomic mass is 10.0. The summed E-state index contributed by atoms with van der Waals surface area (Å²) in [5.74, 6) is -1.06. The first-order valence-corrected chi connectivity index (χ1v) is 17.1. The number of rotatable bonds is 14. The van der Waals surface area contributed by atoms with Gasteiger partial charge in [-0.3, -0.25) is 13.9 Å². The smallest absolute Gasteiger partial charge is 0.264 e. The van der Waals surface area contributed by atoms with Gasteiger partial charge in [0, 0.05) is 23.5 Å². The van der Waals surface area contributed by atoms with Crippen molar-refractivity contribution in [2.24, 2.45) is 0 Å². The van der Waals surface area contributed by atoms with E-state index in [0.717, 1.165) is 32.0 Å². The number of hydrogen-bond acceptors (Lipinski definition) is 5. The van der Waals surface area contributed by atoms with Crippen LogP contribution in [0.15, 0.2) is 112 Å². The molecule has 11 heteroatoms. The number of anilines is 1. The fourth-order valence-electron chi connectivity index (χ4n) is 4.79. The lowest BCUT2D eigenvalue weighted by Gasteiger charge is -2.34. The summed E-state index contributed by atoms with van der Waals surface area (Å²) in [6, 6.07) is 26.2. The maximum Gasteiger partial charge on any atom is 0.264 e. The van der Waals surface area contributed by atoms with E-state index in [-0.39, 0.29) is 35.5 Å². The van der Waals surface area contributed by atoms with Gasteiger partial charge in [0.1, 0.15) is 24.2 Å². The van der Waals surface area contributed by atoms with Crippen LogP contribution in [0.1, 0.15) is 31.4 Å². The Morgan fingerprint density at radius 1 is 0.891 bits per heavy atom. The zero-order chi connectivity index (χ0) is 33.3. The molecular formula is C35H37BrFN3O5S. The minimum atomic E-state index is -4.33. The Balaban J connectivity index is 1.80. The number of carbonyl (C=O) groups excluding carboxylic acids is 2. The minimum absolute atomic E-state index is 0.0391. The number of hydrogen-bond donors (Lipinski definition) is 1. The molecule has 0 aliphatic rings. The standard InChI is InChI=1S/C35H37BrFN3O5S/c1-4-25(2)38-35(42)33(22-26-8-6-5-7-9-26)39(23-27-10-12-28(36)13-11-27)34(41)24-40(30-16-14-29(37)15-17-30)46(43,44)32-20-18-31(45-3)19-21-32/h5-21,25,33H,4,22-24H2,1-3H3,(H,38,42)/t25-,33-/m0/s1. The van der Waals surface area contributed by atoms with Crippen molar-refractivity contribution in [2.75, 3.05) is 18.0 Å². The molecule has 1 N–H and O–H groups in total. The number of sulfonamides is 1. The molecule has 0 bridgehead atoms. The lowest BCUT2D eigenvalue weighted by Crippen LogP contribution is -2.54. The van der Waals surface area contributed by atoms with E-state index in [9.17, 15) is 22.4 Å². The van der Waals surface area contributed by atoms with E-state index in [1.807, 2.05) is 68.4 Å². The second kappa shape index (κ2) is 15.9. The monoisotopic (exact) mass is 709 g/mol. The minimum Gasteiger partial charge on any atom is -0.497 e. The molecule has 0 saturated heterocycles. The molecule has 242 valence electrons. The number of nitrogens with one attached hydrogen (secondary N) is 1. The van der Waals surface area contributed by atoms with Gasteiger partial charge in [0.2, 0.25) is 11.8 Å². The zero-order valence-corrected chi connectivity index (χ0v) is 28.3. The fraction of sp³-hybridized carbons (Fsp3) is 0.257. The second-order valence-electron chi connectivity index (χ2n) is 10.8. The quantitative estimate of drug-likeness (QED) is 0.165. The van der Waals surface area contributed by atoms with Gasteiger partial charge in [0.25, 0.3) is 10.0 Å². The number of carbonyl (C=O) groups is 2. The highest BCUT2D eigenvalue weighted by atomic mass is 79.9. The number of halogens is 2. The van der Waals surface area contributed by atoms with Gasteiger partial charge in [-0.15, -0.1) is 0 Å². The van der Waals surface area contributed by atoms with Crippen molar-refractivity contribution in [3.8, 4) is 5.75 Å². The Kier molecular flexibility index (Phi) is 11.9. The molecule has 46 heavy (non-hydrogen) atoms. The Hall–Kier alpha value is -4.22. The van der Waals surface area contributed by atoms with Gasteiger partial charge in [0.15, 0.2) is 0 Å². The molecule has 0 radical (unpaired) electrons. The maximum absolute atomic E-state index is 14.5. The summed E-state index contributed by atoms with van der Waals surface area (Å²) in [6.45, 7) is 3.23. The highest BCUT2D eigenvalue weighted by Gasteiger charge is 2.35. The van der Waals surface area contributed by atoms with Crippen LogP contribution in [0.3, 0.4) is 0 Å². The van der Waals surface area contributed by atoms with E-state index in [1.165, 1.54) is 48.4 Å². The van der Waals surface area contributed by atoms with Crippen LogP contribution in [-0.4, -0.2) is 50.9 Å². The van der Waals surface area contributed by atoms with E-state index in [0.29, 0.717) is 12.2 Å². The number of benzene rings is 4. The average Bonchev–Trinajstić information content (AvgIpc) is 3.06. The summed E-state index contributed by atoms with van der Waals surface area (Å²) in [5, 5.41) is 3.01. The van der Waals surface area contributed by atoms with Gasteiger partial charge in [-0.1, -0.05) is 65.3 Å².